The van der Waals surface area contributed by atoms with E-state index >= 15 is 0 Å². The number of halogens is 1. The largest absolute Gasteiger partial charge is 0.347 e. The zero-order valence-corrected chi connectivity index (χ0v) is 16.7. The number of likely N-dealkylation sites (N-methyl/N-ethyl adjacent to an activating group) is 1. The van der Waals surface area contributed by atoms with Crippen LogP contribution in [0.2, 0.25) is 0 Å². The van der Waals surface area contributed by atoms with Gasteiger partial charge in [-0.25, -0.2) is 0 Å². The molecule has 0 aromatic heterocycles. The molecule has 1 N–H and O–H groups in total. The lowest BCUT2D eigenvalue weighted by Crippen LogP contribution is -2.38. The van der Waals surface area contributed by atoms with Crippen molar-refractivity contribution in [2.75, 3.05) is 13.6 Å². The highest BCUT2D eigenvalue weighted by Crippen LogP contribution is 2.18. The Bertz CT molecular complexity index is 949. The summed E-state index contributed by atoms with van der Waals surface area (Å²) in [5.74, 6) is -0.277. The molecular formula is C22H21BrN2O2. The number of nitrogens with zero attached hydrogens (tertiary/aromatic N) is 1. The molecule has 0 aliphatic carbocycles. The van der Waals surface area contributed by atoms with Crippen LogP contribution in [0, 0.1) is 0 Å². The first-order chi connectivity index (χ1) is 13.0. The standard InChI is InChI=1S/C22H21BrN2O2/c1-25(15-16-9-11-19(23)12-10-16)22(27)14-24-21(26)13-18-7-4-6-17-5-2-3-8-20(17)18/h2-12H,13-15H2,1H3,(H,24,26). The Kier molecular flexibility index (Phi) is 6.24. The van der Waals surface area contributed by atoms with Crippen LogP contribution in [0.4, 0.5) is 0 Å². The number of amides is 2. The maximum absolute atomic E-state index is 12.3. The summed E-state index contributed by atoms with van der Waals surface area (Å²) in [7, 11) is 1.74. The summed E-state index contributed by atoms with van der Waals surface area (Å²) in [6.45, 7) is 0.502. The topological polar surface area (TPSA) is 49.4 Å². The van der Waals surface area contributed by atoms with Gasteiger partial charge in [-0.2, -0.15) is 0 Å². The van der Waals surface area contributed by atoms with Gasteiger partial charge in [0.2, 0.25) is 11.8 Å². The molecule has 5 heteroatoms. The summed E-state index contributed by atoms with van der Waals surface area (Å²) in [5.41, 5.74) is 2.00. The van der Waals surface area contributed by atoms with Crippen LogP contribution >= 0.6 is 15.9 Å². The van der Waals surface area contributed by atoms with Crippen molar-refractivity contribution < 1.29 is 9.59 Å². The zero-order chi connectivity index (χ0) is 19.2. The molecule has 0 radical (unpaired) electrons. The molecular weight excluding hydrogens is 404 g/mol. The van der Waals surface area contributed by atoms with Gasteiger partial charge in [-0.05, 0) is 34.0 Å². The van der Waals surface area contributed by atoms with Crippen LogP contribution in [-0.2, 0) is 22.6 Å². The van der Waals surface area contributed by atoms with Gasteiger partial charge in [0.1, 0.15) is 0 Å². The summed E-state index contributed by atoms with van der Waals surface area (Å²) >= 11 is 3.40. The lowest BCUT2D eigenvalue weighted by atomic mass is 10.0. The van der Waals surface area contributed by atoms with Crippen molar-refractivity contribution in [2.24, 2.45) is 0 Å². The second-order valence-electron chi connectivity index (χ2n) is 6.47. The molecule has 0 atom stereocenters. The number of carbonyl (C=O) groups excluding carboxylic acids is 2. The van der Waals surface area contributed by atoms with E-state index in [0.717, 1.165) is 26.4 Å². The molecule has 0 aliphatic heterocycles. The second kappa shape index (κ2) is 8.82. The van der Waals surface area contributed by atoms with Crippen LogP contribution in [-0.4, -0.2) is 30.3 Å². The summed E-state index contributed by atoms with van der Waals surface area (Å²) in [5, 5.41) is 4.90. The number of hydrogen-bond donors (Lipinski definition) is 1. The van der Waals surface area contributed by atoms with Gasteiger partial charge in [0.15, 0.2) is 0 Å². The van der Waals surface area contributed by atoms with Gasteiger partial charge in [-0.15, -0.1) is 0 Å². The van der Waals surface area contributed by atoms with E-state index < -0.39 is 0 Å². The Hall–Kier alpha value is -2.66. The van der Waals surface area contributed by atoms with E-state index in [2.05, 4.69) is 21.2 Å². The smallest absolute Gasteiger partial charge is 0.242 e. The van der Waals surface area contributed by atoms with Crippen molar-refractivity contribution >= 4 is 38.5 Å². The van der Waals surface area contributed by atoms with Crippen LogP contribution in [0.1, 0.15) is 11.1 Å². The van der Waals surface area contributed by atoms with Crippen molar-refractivity contribution in [3.8, 4) is 0 Å². The molecule has 0 saturated heterocycles. The fourth-order valence-electron chi connectivity index (χ4n) is 2.94. The minimum Gasteiger partial charge on any atom is -0.347 e. The first kappa shape index (κ1) is 19.1. The van der Waals surface area contributed by atoms with Crippen LogP contribution in [0.25, 0.3) is 10.8 Å². The first-order valence-corrected chi connectivity index (χ1v) is 9.54. The molecule has 3 aromatic carbocycles. The van der Waals surface area contributed by atoms with E-state index in [9.17, 15) is 9.59 Å². The van der Waals surface area contributed by atoms with Gasteiger partial charge >= 0.3 is 0 Å². The summed E-state index contributed by atoms with van der Waals surface area (Å²) in [6, 6.07) is 21.7. The molecule has 0 heterocycles. The van der Waals surface area contributed by atoms with E-state index in [1.165, 1.54) is 0 Å². The van der Waals surface area contributed by atoms with E-state index in [4.69, 9.17) is 0 Å². The first-order valence-electron chi connectivity index (χ1n) is 8.74. The number of hydrogen-bond acceptors (Lipinski definition) is 2. The Morgan fingerprint density at radius 3 is 2.44 bits per heavy atom. The van der Waals surface area contributed by atoms with E-state index in [1.807, 2.05) is 66.7 Å². The predicted molar refractivity (Wildman–Crippen MR) is 111 cm³/mol. The third-order valence-electron chi connectivity index (χ3n) is 4.43. The predicted octanol–water partition coefficient (Wildman–Crippen LogP) is 3.92. The van der Waals surface area contributed by atoms with Gasteiger partial charge < -0.3 is 10.2 Å². The number of fused-ring (bicyclic) bond motifs is 1. The SMILES string of the molecule is CN(Cc1ccc(Br)cc1)C(=O)CNC(=O)Cc1cccc2ccccc12. The highest BCUT2D eigenvalue weighted by Gasteiger charge is 2.12. The van der Waals surface area contributed by atoms with Crippen molar-refractivity contribution in [3.05, 3.63) is 82.3 Å². The van der Waals surface area contributed by atoms with Crippen LogP contribution in [0.5, 0.6) is 0 Å². The van der Waals surface area contributed by atoms with E-state index in [1.54, 1.807) is 11.9 Å². The minimum atomic E-state index is -0.156. The van der Waals surface area contributed by atoms with Gasteiger partial charge in [0.05, 0.1) is 13.0 Å². The maximum Gasteiger partial charge on any atom is 0.242 e. The summed E-state index contributed by atoms with van der Waals surface area (Å²) in [4.78, 5) is 26.2. The molecule has 3 rings (SSSR count). The number of benzene rings is 3. The average molecular weight is 425 g/mol. The molecule has 0 fully saturated rings. The minimum absolute atomic E-state index is 0.00335. The highest BCUT2D eigenvalue weighted by molar-refractivity contribution is 9.10. The molecule has 0 spiro atoms. The Morgan fingerprint density at radius 2 is 1.67 bits per heavy atom. The molecule has 0 unspecified atom stereocenters. The quantitative estimate of drug-likeness (QED) is 0.651. The number of rotatable bonds is 6. The fraction of sp³-hybridized carbons (Fsp3) is 0.182. The maximum atomic E-state index is 12.3. The third-order valence-corrected chi connectivity index (χ3v) is 4.96. The molecule has 0 aliphatic rings. The number of carbonyl (C=O) groups is 2. The monoisotopic (exact) mass is 424 g/mol. The van der Waals surface area contributed by atoms with Crippen molar-refractivity contribution in [1.29, 1.82) is 0 Å². The average Bonchev–Trinajstić information content (AvgIpc) is 2.68. The van der Waals surface area contributed by atoms with Crippen LogP contribution in [0.15, 0.2) is 71.2 Å². The second-order valence-corrected chi connectivity index (χ2v) is 7.38. The molecule has 27 heavy (non-hydrogen) atoms. The normalized spacial score (nSPS) is 10.6. The van der Waals surface area contributed by atoms with E-state index in [0.29, 0.717) is 6.54 Å². The summed E-state index contributed by atoms with van der Waals surface area (Å²) in [6.07, 6.45) is 0.255. The molecule has 0 bridgehead atoms. The third kappa shape index (κ3) is 5.17. The molecule has 3 aromatic rings. The van der Waals surface area contributed by atoms with Gasteiger partial charge in [0.25, 0.3) is 0 Å². The van der Waals surface area contributed by atoms with E-state index in [-0.39, 0.29) is 24.8 Å². The lowest BCUT2D eigenvalue weighted by Gasteiger charge is -2.18. The van der Waals surface area contributed by atoms with Crippen molar-refractivity contribution in [1.82, 2.24) is 10.2 Å². The van der Waals surface area contributed by atoms with Gasteiger partial charge in [-0.3, -0.25) is 9.59 Å². The molecule has 2 amide bonds. The van der Waals surface area contributed by atoms with Crippen LogP contribution < -0.4 is 5.32 Å². The zero-order valence-electron chi connectivity index (χ0n) is 15.1. The van der Waals surface area contributed by atoms with Gasteiger partial charge in [-0.1, -0.05) is 70.5 Å². The molecule has 4 nitrogen and oxygen atoms in total. The Morgan fingerprint density at radius 1 is 0.963 bits per heavy atom. The van der Waals surface area contributed by atoms with Crippen molar-refractivity contribution in [2.45, 2.75) is 13.0 Å². The molecule has 138 valence electrons. The van der Waals surface area contributed by atoms with Crippen molar-refractivity contribution in [3.63, 3.8) is 0 Å². The van der Waals surface area contributed by atoms with Crippen LogP contribution in [0.3, 0.4) is 0 Å². The Balaban J connectivity index is 1.53. The highest BCUT2D eigenvalue weighted by atomic mass is 79.9. The fourth-order valence-corrected chi connectivity index (χ4v) is 3.21. The molecule has 0 saturated carbocycles. The Labute approximate surface area is 167 Å². The number of nitrogens with one attached hydrogen (secondary N) is 1. The lowest BCUT2D eigenvalue weighted by molar-refractivity contribution is -0.132. The summed E-state index contributed by atoms with van der Waals surface area (Å²) < 4.78 is 1.00. The van der Waals surface area contributed by atoms with Gasteiger partial charge in [0, 0.05) is 18.1 Å².